The fourth-order valence-corrected chi connectivity index (χ4v) is 1.68. The van der Waals surface area contributed by atoms with Crippen LogP contribution in [0.5, 0.6) is 0 Å². The van der Waals surface area contributed by atoms with E-state index in [4.69, 9.17) is 16.9 Å². The zero-order chi connectivity index (χ0) is 15.3. The number of esters is 1. The predicted molar refractivity (Wildman–Crippen MR) is 66.7 cm³/mol. The van der Waals surface area contributed by atoms with Gasteiger partial charge in [0, 0.05) is 10.6 Å². The monoisotopic (exact) mass is 303 g/mol. The van der Waals surface area contributed by atoms with Gasteiger partial charge in [0.05, 0.1) is 30.7 Å². The highest BCUT2D eigenvalue weighted by Crippen LogP contribution is 2.33. The van der Waals surface area contributed by atoms with Crippen LogP contribution in [-0.4, -0.2) is 13.1 Å². The number of halogens is 4. The third-order valence-electron chi connectivity index (χ3n) is 2.41. The molecule has 0 aromatic heterocycles. The first-order chi connectivity index (χ1) is 9.29. The van der Waals surface area contributed by atoms with E-state index < -0.39 is 17.7 Å². The molecule has 0 spiro atoms. The average molecular weight is 304 g/mol. The molecular formula is C13H9ClF3NO2. The fraction of sp³-hybridized carbons (Fsp3) is 0.231. The largest absolute Gasteiger partial charge is 0.469 e. The van der Waals surface area contributed by atoms with Crippen molar-refractivity contribution in [3.63, 3.8) is 0 Å². The van der Waals surface area contributed by atoms with Crippen molar-refractivity contribution in [3.05, 3.63) is 40.4 Å². The Kier molecular flexibility index (Phi) is 5.17. The van der Waals surface area contributed by atoms with Crippen molar-refractivity contribution in [1.29, 1.82) is 5.26 Å². The van der Waals surface area contributed by atoms with Gasteiger partial charge >= 0.3 is 12.1 Å². The standard InChI is InChI=1S/C13H9ClF3NO2/c1-20-12(19)5-2-8(7-18)10-4-3-9(6-11(10)14)13(15,16)17/h2-4,6H,5H2,1H3. The maximum atomic E-state index is 12.5. The van der Waals surface area contributed by atoms with Crippen LogP contribution in [0.1, 0.15) is 17.5 Å². The van der Waals surface area contributed by atoms with Crippen LogP contribution < -0.4 is 0 Å². The highest BCUT2D eigenvalue weighted by molar-refractivity contribution is 6.32. The van der Waals surface area contributed by atoms with Gasteiger partial charge in [0.15, 0.2) is 0 Å². The molecule has 0 saturated carbocycles. The SMILES string of the molecule is COC(=O)CC=C(C#N)c1ccc(C(F)(F)F)cc1Cl. The van der Waals surface area contributed by atoms with Crippen LogP contribution in [0.15, 0.2) is 24.3 Å². The number of alkyl halides is 3. The van der Waals surface area contributed by atoms with Crippen LogP contribution in [0.4, 0.5) is 13.2 Å². The molecule has 0 saturated heterocycles. The number of ether oxygens (including phenoxy) is 1. The van der Waals surface area contributed by atoms with Gasteiger partial charge in [-0.3, -0.25) is 4.79 Å². The van der Waals surface area contributed by atoms with E-state index in [2.05, 4.69) is 4.74 Å². The molecule has 0 amide bonds. The van der Waals surface area contributed by atoms with Gasteiger partial charge in [-0.25, -0.2) is 0 Å². The smallest absolute Gasteiger partial charge is 0.416 e. The number of methoxy groups -OCH3 is 1. The minimum atomic E-state index is -4.51. The molecule has 7 heteroatoms. The molecule has 0 atom stereocenters. The summed E-state index contributed by atoms with van der Waals surface area (Å²) in [4.78, 5) is 11.0. The fourth-order valence-electron chi connectivity index (χ4n) is 1.39. The van der Waals surface area contributed by atoms with Crippen molar-refractivity contribution in [1.82, 2.24) is 0 Å². The molecular weight excluding hydrogens is 295 g/mol. The summed E-state index contributed by atoms with van der Waals surface area (Å²) in [5.41, 5.74) is -0.767. The van der Waals surface area contributed by atoms with Crippen molar-refractivity contribution in [3.8, 4) is 6.07 Å². The number of benzene rings is 1. The molecule has 0 unspecified atom stereocenters. The molecule has 106 valence electrons. The zero-order valence-corrected chi connectivity index (χ0v) is 11.0. The molecule has 1 rings (SSSR count). The normalized spacial score (nSPS) is 11.9. The molecule has 0 aliphatic rings. The summed E-state index contributed by atoms with van der Waals surface area (Å²) >= 11 is 5.75. The highest BCUT2D eigenvalue weighted by atomic mass is 35.5. The Balaban J connectivity index is 3.13. The lowest BCUT2D eigenvalue weighted by Crippen LogP contribution is -2.05. The van der Waals surface area contributed by atoms with Gasteiger partial charge in [0.1, 0.15) is 0 Å². The molecule has 0 N–H and O–H groups in total. The Morgan fingerprint density at radius 1 is 1.50 bits per heavy atom. The molecule has 3 nitrogen and oxygen atoms in total. The minimum Gasteiger partial charge on any atom is -0.469 e. The number of hydrogen-bond donors (Lipinski definition) is 0. The summed E-state index contributed by atoms with van der Waals surface area (Å²) in [6.07, 6.45) is -3.43. The van der Waals surface area contributed by atoms with E-state index in [0.717, 1.165) is 18.2 Å². The first-order valence-electron chi connectivity index (χ1n) is 5.33. The van der Waals surface area contributed by atoms with E-state index in [0.29, 0.717) is 0 Å². The third kappa shape index (κ3) is 4.00. The van der Waals surface area contributed by atoms with E-state index >= 15 is 0 Å². The van der Waals surface area contributed by atoms with Gasteiger partial charge in [-0.1, -0.05) is 23.7 Å². The van der Waals surface area contributed by atoms with Crippen LogP contribution in [-0.2, 0) is 15.7 Å². The summed E-state index contributed by atoms with van der Waals surface area (Å²) < 4.78 is 41.8. The second-order valence-corrected chi connectivity index (χ2v) is 4.11. The first-order valence-corrected chi connectivity index (χ1v) is 5.71. The summed E-state index contributed by atoms with van der Waals surface area (Å²) in [5.74, 6) is -0.569. The summed E-state index contributed by atoms with van der Waals surface area (Å²) in [6, 6.07) is 4.44. The molecule has 1 aromatic rings. The summed E-state index contributed by atoms with van der Waals surface area (Å²) in [7, 11) is 1.19. The lowest BCUT2D eigenvalue weighted by molar-refractivity contribution is -0.139. The van der Waals surface area contributed by atoms with Crippen molar-refractivity contribution in [2.75, 3.05) is 7.11 Å². The zero-order valence-electron chi connectivity index (χ0n) is 10.3. The molecule has 1 aromatic carbocycles. The quantitative estimate of drug-likeness (QED) is 0.630. The highest BCUT2D eigenvalue weighted by Gasteiger charge is 2.31. The minimum absolute atomic E-state index is 0.00845. The molecule has 0 radical (unpaired) electrons. The van der Waals surface area contributed by atoms with Crippen LogP contribution in [0, 0.1) is 11.3 Å². The number of allylic oxidation sites excluding steroid dienone is 1. The molecule has 0 heterocycles. The van der Waals surface area contributed by atoms with E-state index in [1.807, 2.05) is 0 Å². The lowest BCUT2D eigenvalue weighted by Gasteiger charge is -2.09. The number of carbonyl (C=O) groups excluding carboxylic acids is 1. The van der Waals surface area contributed by atoms with Crippen LogP contribution >= 0.6 is 11.6 Å². The average Bonchev–Trinajstić information content (AvgIpc) is 2.39. The Hall–Kier alpha value is -2.00. The maximum Gasteiger partial charge on any atom is 0.416 e. The van der Waals surface area contributed by atoms with Crippen molar-refractivity contribution >= 4 is 23.1 Å². The van der Waals surface area contributed by atoms with Crippen molar-refractivity contribution < 1.29 is 22.7 Å². The van der Waals surface area contributed by atoms with E-state index in [1.165, 1.54) is 13.2 Å². The lowest BCUT2D eigenvalue weighted by atomic mass is 10.0. The maximum absolute atomic E-state index is 12.5. The molecule has 0 aliphatic heterocycles. The Morgan fingerprint density at radius 3 is 2.60 bits per heavy atom. The number of rotatable bonds is 3. The Morgan fingerprint density at radius 2 is 2.15 bits per heavy atom. The van der Waals surface area contributed by atoms with Crippen LogP contribution in [0.2, 0.25) is 5.02 Å². The number of nitriles is 1. The van der Waals surface area contributed by atoms with E-state index in [-0.39, 0.29) is 22.6 Å². The number of carbonyl (C=O) groups is 1. The predicted octanol–water partition coefficient (Wildman–Crippen LogP) is 3.83. The van der Waals surface area contributed by atoms with Crippen LogP contribution in [0.3, 0.4) is 0 Å². The topological polar surface area (TPSA) is 50.1 Å². The van der Waals surface area contributed by atoms with E-state index in [1.54, 1.807) is 6.07 Å². The molecule has 20 heavy (non-hydrogen) atoms. The van der Waals surface area contributed by atoms with Gasteiger partial charge in [0.25, 0.3) is 0 Å². The molecule has 0 aliphatic carbocycles. The number of hydrogen-bond acceptors (Lipinski definition) is 3. The molecule has 0 fully saturated rings. The number of nitrogens with zero attached hydrogens (tertiary/aromatic N) is 1. The van der Waals surface area contributed by atoms with Crippen molar-refractivity contribution in [2.45, 2.75) is 12.6 Å². The summed E-state index contributed by atoms with van der Waals surface area (Å²) in [6.45, 7) is 0. The van der Waals surface area contributed by atoms with Crippen molar-refractivity contribution in [2.24, 2.45) is 0 Å². The third-order valence-corrected chi connectivity index (χ3v) is 2.72. The van der Waals surface area contributed by atoms with E-state index in [9.17, 15) is 18.0 Å². The van der Waals surface area contributed by atoms with Gasteiger partial charge in [0.2, 0.25) is 0 Å². The van der Waals surface area contributed by atoms with Gasteiger partial charge in [-0.2, -0.15) is 18.4 Å². The second kappa shape index (κ2) is 6.44. The second-order valence-electron chi connectivity index (χ2n) is 3.70. The van der Waals surface area contributed by atoms with Gasteiger partial charge in [-0.05, 0) is 12.1 Å². The van der Waals surface area contributed by atoms with Crippen LogP contribution in [0.25, 0.3) is 5.57 Å². The Bertz CT molecular complexity index is 588. The van der Waals surface area contributed by atoms with Gasteiger partial charge < -0.3 is 4.74 Å². The first kappa shape index (κ1) is 16.1. The Labute approximate surface area is 118 Å². The molecule has 0 bridgehead atoms. The van der Waals surface area contributed by atoms with Gasteiger partial charge in [-0.15, -0.1) is 0 Å². The summed E-state index contributed by atoms with van der Waals surface area (Å²) in [5, 5.41) is 8.76.